The van der Waals surface area contributed by atoms with Crippen molar-refractivity contribution in [1.82, 2.24) is 0 Å². The van der Waals surface area contributed by atoms with E-state index in [4.69, 9.17) is 5.26 Å². The lowest BCUT2D eigenvalue weighted by Gasteiger charge is -2.16. The van der Waals surface area contributed by atoms with Crippen molar-refractivity contribution in [3.05, 3.63) is 0 Å². The molecule has 1 atom stereocenters. The number of hydrogen-bond acceptors (Lipinski definition) is 2. The Kier molecular flexibility index (Phi) is 4.66. The molecule has 0 N–H and O–H groups in total. The van der Waals surface area contributed by atoms with Gasteiger partial charge in [0.15, 0.2) is 0 Å². The molecule has 0 aromatic carbocycles. The molecule has 1 aliphatic rings. The molecular weight excluding hydrogens is 178 g/mol. The van der Waals surface area contributed by atoms with Gasteiger partial charge in [-0.25, -0.2) is 0 Å². The third kappa shape index (κ3) is 3.60. The van der Waals surface area contributed by atoms with Gasteiger partial charge in [0.05, 0.1) is 11.3 Å². The molecule has 0 spiro atoms. The maximum atomic E-state index is 9.03. The van der Waals surface area contributed by atoms with E-state index < -0.39 is 0 Å². The monoisotopic (exact) mass is 197 g/mol. The van der Waals surface area contributed by atoms with E-state index in [-0.39, 0.29) is 5.25 Å². The highest BCUT2D eigenvalue weighted by Gasteiger charge is 2.25. The van der Waals surface area contributed by atoms with Crippen molar-refractivity contribution >= 4 is 11.8 Å². The van der Waals surface area contributed by atoms with Gasteiger partial charge in [-0.15, -0.1) is 11.8 Å². The van der Waals surface area contributed by atoms with Gasteiger partial charge in [-0.05, 0) is 30.4 Å². The summed E-state index contributed by atoms with van der Waals surface area (Å²) >= 11 is 1.87. The van der Waals surface area contributed by atoms with Crippen molar-refractivity contribution in [2.24, 2.45) is 11.8 Å². The van der Waals surface area contributed by atoms with Gasteiger partial charge in [-0.1, -0.05) is 26.7 Å². The summed E-state index contributed by atoms with van der Waals surface area (Å²) in [5.41, 5.74) is 0. The van der Waals surface area contributed by atoms with Crippen LogP contribution in [0.2, 0.25) is 0 Å². The quantitative estimate of drug-likeness (QED) is 0.689. The van der Waals surface area contributed by atoms with Crippen molar-refractivity contribution < 1.29 is 0 Å². The second-order valence-electron chi connectivity index (χ2n) is 4.32. The lowest BCUT2D eigenvalue weighted by atomic mass is 10.1. The molecule has 1 saturated carbocycles. The highest BCUT2D eigenvalue weighted by molar-refractivity contribution is 8.00. The predicted octanol–water partition coefficient (Wildman–Crippen LogP) is 3.46. The molecule has 1 nitrogen and oxygen atoms in total. The third-order valence-corrected chi connectivity index (χ3v) is 4.27. The smallest absolute Gasteiger partial charge is 0.0944 e. The molecule has 1 unspecified atom stereocenters. The van der Waals surface area contributed by atoms with Crippen LogP contribution in [-0.4, -0.2) is 11.0 Å². The zero-order valence-electron chi connectivity index (χ0n) is 8.62. The Bertz CT molecular complexity index is 177. The summed E-state index contributed by atoms with van der Waals surface area (Å²) in [7, 11) is 0. The number of hydrogen-bond donors (Lipinski definition) is 0. The van der Waals surface area contributed by atoms with Crippen LogP contribution in [0.15, 0.2) is 0 Å². The molecule has 1 rings (SSSR count). The van der Waals surface area contributed by atoms with Crippen molar-refractivity contribution in [2.75, 3.05) is 5.75 Å². The van der Waals surface area contributed by atoms with E-state index in [1.165, 1.54) is 25.7 Å². The van der Waals surface area contributed by atoms with Crippen molar-refractivity contribution in [3.63, 3.8) is 0 Å². The van der Waals surface area contributed by atoms with Gasteiger partial charge in [0, 0.05) is 0 Å². The summed E-state index contributed by atoms with van der Waals surface area (Å²) in [6.07, 6.45) is 5.24. The molecule has 1 aliphatic carbocycles. The first kappa shape index (κ1) is 10.9. The topological polar surface area (TPSA) is 23.8 Å². The van der Waals surface area contributed by atoms with E-state index in [2.05, 4.69) is 19.9 Å². The summed E-state index contributed by atoms with van der Waals surface area (Å²) in [6, 6.07) is 2.46. The summed E-state index contributed by atoms with van der Waals surface area (Å²) < 4.78 is 0. The summed E-state index contributed by atoms with van der Waals surface area (Å²) in [5.74, 6) is 2.53. The zero-order chi connectivity index (χ0) is 9.68. The summed E-state index contributed by atoms with van der Waals surface area (Å²) in [5, 5.41) is 9.30. The lowest BCUT2D eigenvalue weighted by molar-refractivity contribution is 0.574. The highest BCUT2D eigenvalue weighted by Crippen LogP contribution is 2.34. The Morgan fingerprint density at radius 3 is 2.46 bits per heavy atom. The van der Waals surface area contributed by atoms with Crippen molar-refractivity contribution in [3.8, 4) is 6.07 Å². The minimum atomic E-state index is 0.268. The molecule has 13 heavy (non-hydrogen) atoms. The molecule has 0 aromatic heterocycles. The Morgan fingerprint density at radius 1 is 1.38 bits per heavy atom. The highest BCUT2D eigenvalue weighted by atomic mass is 32.2. The molecule has 0 aromatic rings. The maximum absolute atomic E-state index is 9.03. The van der Waals surface area contributed by atoms with Gasteiger partial charge >= 0.3 is 0 Å². The van der Waals surface area contributed by atoms with Gasteiger partial charge in [-0.3, -0.25) is 0 Å². The zero-order valence-corrected chi connectivity index (χ0v) is 9.44. The molecule has 0 heterocycles. The van der Waals surface area contributed by atoms with Crippen LogP contribution in [0.1, 0.15) is 39.5 Å². The van der Waals surface area contributed by atoms with E-state index in [1.54, 1.807) is 0 Å². The van der Waals surface area contributed by atoms with Crippen molar-refractivity contribution in [2.45, 2.75) is 44.8 Å². The third-order valence-electron chi connectivity index (χ3n) is 2.56. The molecule has 0 bridgehead atoms. The number of nitriles is 1. The van der Waals surface area contributed by atoms with Crippen LogP contribution in [-0.2, 0) is 0 Å². The maximum Gasteiger partial charge on any atom is 0.0944 e. The fraction of sp³-hybridized carbons (Fsp3) is 0.909. The molecular formula is C11H19NS. The summed E-state index contributed by atoms with van der Waals surface area (Å²) in [4.78, 5) is 0. The van der Waals surface area contributed by atoms with Crippen molar-refractivity contribution in [1.29, 1.82) is 5.26 Å². The molecule has 74 valence electrons. The first-order valence-corrected chi connectivity index (χ1v) is 6.30. The normalized spacial score (nSPS) is 20.5. The van der Waals surface area contributed by atoms with Crippen LogP contribution >= 0.6 is 11.8 Å². The molecule has 1 fully saturated rings. The van der Waals surface area contributed by atoms with E-state index in [9.17, 15) is 0 Å². The van der Waals surface area contributed by atoms with Crippen LogP contribution < -0.4 is 0 Å². The molecule has 0 saturated heterocycles. The Morgan fingerprint density at radius 2 is 2.00 bits per heavy atom. The van der Waals surface area contributed by atoms with Gasteiger partial charge in [0.1, 0.15) is 0 Å². The molecule has 0 amide bonds. The fourth-order valence-corrected chi connectivity index (χ4v) is 3.05. The predicted molar refractivity (Wildman–Crippen MR) is 58.7 cm³/mol. The fourth-order valence-electron chi connectivity index (χ4n) is 1.84. The average Bonchev–Trinajstić information content (AvgIpc) is 2.58. The van der Waals surface area contributed by atoms with E-state index in [0.29, 0.717) is 11.8 Å². The first-order chi connectivity index (χ1) is 6.24. The molecule has 2 heteroatoms. The van der Waals surface area contributed by atoms with E-state index in [1.807, 2.05) is 11.8 Å². The average molecular weight is 197 g/mol. The minimum Gasteiger partial charge on any atom is -0.197 e. The number of nitrogens with zero attached hydrogens (tertiary/aromatic N) is 1. The largest absolute Gasteiger partial charge is 0.197 e. The first-order valence-electron chi connectivity index (χ1n) is 5.25. The van der Waals surface area contributed by atoms with Gasteiger partial charge in [0.25, 0.3) is 0 Å². The van der Waals surface area contributed by atoms with E-state index in [0.717, 1.165) is 5.75 Å². The molecule has 0 aliphatic heterocycles. The van der Waals surface area contributed by atoms with Crippen LogP contribution in [0.4, 0.5) is 0 Å². The standard InChI is InChI=1S/C11H19NS/c1-9(2)8-13-11(7-12)10-5-3-4-6-10/h9-11H,3-6,8H2,1-2H3. The second-order valence-corrected chi connectivity index (χ2v) is 5.50. The SMILES string of the molecule is CC(C)CSC(C#N)C1CCCC1. The number of thioether (sulfide) groups is 1. The second kappa shape index (κ2) is 5.54. The Balaban J connectivity index is 2.30. The Labute approximate surface area is 85.9 Å². The van der Waals surface area contributed by atoms with Crippen LogP contribution in [0.3, 0.4) is 0 Å². The van der Waals surface area contributed by atoms with Gasteiger partial charge < -0.3 is 0 Å². The summed E-state index contributed by atoms with van der Waals surface area (Å²) in [6.45, 7) is 4.44. The van der Waals surface area contributed by atoms with E-state index >= 15 is 0 Å². The van der Waals surface area contributed by atoms with Crippen LogP contribution in [0.25, 0.3) is 0 Å². The number of rotatable bonds is 4. The minimum absolute atomic E-state index is 0.268. The molecule has 0 radical (unpaired) electrons. The van der Waals surface area contributed by atoms with Gasteiger partial charge in [0.2, 0.25) is 0 Å². The van der Waals surface area contributed by atoms with Crippen LogP contribution in [0.5, 0.6) is 0 Å². The van der Waals surface area contributed by atoms with Crippen LogP contribution in [0, 0.1) is 23.2 Å². The lowest BCUT2D eigenvalue weighted by Crippen LogP contribution is -2.13. The Hall–Kier alpha value is -0.160. The van der Waals surface area contributed by atoms with Gasteiger partial charge in [-0.2, -0.15) is 5.26 Å².